The number of fused-ring (bicyclic) bond motifs is 2. The smallest absolute Gasteiger partial charge is 0.475 e. The van der Waals surface area contributed by atoms with Gasteiger partial charge in [0.2, 0.25) is 5.91 Å². The third kappa shape index (κ3) is 4.61. The number of benzene rings is 1. The standard InChI is InChI=1S/C20H24N2O2.C2HF3O2/c1-15(2)22-18-8-4-3-7-17(18)20(19(22)23)9-11-21(12-10-20)14-16-6-5-13-24-16;3-2(4,5)1(6)7/h3-8,13,15H,9-12,14H2,1-2H3;(H,6,7). The number of carboxylic acid groups (broad SMARTS) is 1. The molecule has 2 aliphatic rings. The van der Waals surface area contributed by atoms with E-state index in [0.29, 0.717) is 0 Å². The average Bonchev–Trinajstić information content (AvgIpc) is 3.29. The van der Waals surface area contributed by atoms with Crippen LogP contribution in [0.25, 0.3) is 0 Å². The molecule has 31 heavy (non-hydrogen) atoms. The topological polar surface area (TPSA) is 74.0 Å². The van der Waals surface area contributed by atoms with Crippen LogP contribution in [0.4, 0.5) is 18.9 Å². The molecule has 1 amide bonds. The molecule has 0 aliphatic carbocycles. The largest absolute Gasteiger partial charge is 0.490 e. The summed E-state index contributed by atoms with van der Waals surface area (Å²) in [4.78, 5) is 26.6. The van der Waals surface area contributed by atoms with E-state index in [1.54, 1.807) is 6.26 Å². The van der Waals surface area contributed by atoms with Gasteiger partial charge in [-0.15, -0.1) is 0 Å². The quantitative estimate of drug-likeness (QED) is 0.778. The lowest BCUT2D eigenvalue weighted by atomic mass is 9.73. The molecule has 4 rings (SSSR count). The number of carbonyl (C=O) groups is 2. The molecule has 0 unspecified atom stereocenters. The molecule has 1 fully saturated rings. The molecule has 9 heteroatoms. The fourth-order valence-electron chi connectivity index (χ4n) is 4.26. The molecule has 2 aliphatic heterocycles. The Morgan fingerprint density at radius 2 is 1.77 bits per heavy atom. The van der Waals surface area contributed by atoms with Crippen molar-refractivity contribution in [3.63, 3.8) is 0 Å². The summed E-state index contributed by atoms with van der Waals surface area (Å²) >= 11 is 0. The maximum Gasteiger partial charge on any atom is 0.490 e. The van der Waals surface area contributed by atoms with Gasteiger partial charge in [-0.3, -0.25) is 9.69 Å². The first-order valence-electron chi connectivity index (χ1n) is 10.0. The lowest BCUT2D eigenvalue weighted by Gasteiger charge is -2.38. The van der Waals surface area contributed by atoms with E-state index in [-0.39, 0.29) is 17.4 Å². The number of nitrogens with zero attached hydrogens (tertiary/aromatic N) is 2. The van der Waals surface area contributed by atoms with Crippen molar-refractivity contribution in [1.82, 2.24) is 4.90 Å². The van der Waals surface area contributed by atoms with Gasteiger partial charge in [0.15, 0.2) is 0 Å². The summed E-state index contributed by atoms with van der Waals surface area (Å²) in [7, 11) is 0. The summed E-state index contributed by atoms with van der Waals surface area (Å²) in [5, 5.41) is 7.12. The minimum atomic E-state index is -5.08. The van der Waals surface area contributed by atoms with Gasteiger partial charge < -0.3 is 14.4 Å². The molecule has 0 atom stereocenters. The Kier molecular flexibility index (Phi) is 6.45. The van der Waals surface area contributed by atoms with Crippen LogP contribution >= 0.6 is 0 Å². The van der Waals surface area contributed by atoms with Gasteiger partial charge in [-0.05, 0) is 63.5 Å². The highest BCUT2D eigenvalue weighted by Crippen LogP contribution is 2.48. The molecule has 1 aromatic heterocycles. The van der Waals surface area contributed by atoms with Gasteiger partial charge >= 0.3 is 12.1 Å². The molecule has 0 saturated carbocycles. The highest BCUT2D eigenvalue weighted by atomic mass is 19.4. The Labute approximate surface area is 178 Å². The minimum Gasteiger partial charge on any atom is -0.475 e. The second-order valence-electron chi connectivity index (χ2n) is 8.03. The predicted molar refractivity (Wildman–Crippen MR) is 108 cm³/mol. The molecule has 2 aromatic rings. The van der Waals surface area contributed by atoms with Crippen molar-refractivity contribution in [2.24, 2.45) is 0 Å². The number of para-hydroxylation sites is 1. The molecular formula is C22H25F3N2O4. The normalized spacial score (nSPS) is 18.1. The second kappa shape index (κ2) is 8.74. The van der Waals surface area contributed by atoms with E-state index in [0.717, 1.165) is 43.9 Å². The first-order chi connectivity index (χ1) is 14.6. The minimum absolute atomic E-state index is 0.194. The summed E-state index contributed by atoms with van der Waals surface area (Å²) in [5.41, 5.74) is 2.00. The maximum absolute atomic E-state index is 13.3. The third-order valence-corrected chi connectivity index (χ3v) is 5.74. The number of likely N-dealkylation sites (tertiary alicyclic amines) is 1. The van der Waals surface area contributed by atoms with Crippen LogP contribution in [0.15, 0.2) is 47.1 Å². The van der Waals surface area contributed by atoms with Crippen molar-refractivity contribution in [3.8, 4) is 0 Å². The van der Waals surface area contributed by atoms with Crippen LogP contribution in [0, 0.1) is 0 Å². The number of aliphatic carboxylic acids is 1. The summed E-state index contributed by atoms with van der Waals surface area (Å²) < 4.78 is 37.2. The predicted octanol–water partition coefficient (Wildman–Crippen LogP) is 4.20. The summed E-state index contributed by atoms with van der Waals surface area (Å²) in [5.74, 6) is -1.48. The molecule has 168 valence electrons. The number of halogens is 3. The van der Waals surface area contributed by atoms with E-state index in [1.165, 1.54) is 5.56 Å². The Balaban J connectivity index is 0.000000339. The zero-order chi connectivity index (χ0) is 22.8. The van der Waals surface area contributed by atoms with E-state index >= 15 is 0 Å². The lowest BCUT2D eigenvalue weighted by molar-refractivity contribution is -0.192. The third-order valence-electron chi connectivity index (χ3n) is 5.74. The number of piperidine rings is 1. The molecule has 6 nitrogen and oxygen atoms in total. The van der Waals surface area contributed by atoms with Gasteiger partial charge in [0.05, 0.1) is 18.2 Å². The Bertz CT molecular complexity index is 917. The molecule has 1 saturated heterocycles. The van der Waals surface area contributed by atoms with Crippen LogP contribution in [0.1, 0.15) is 38.0 Å². The van der Waals surface area contributed by atoms with Gasteiger partial charge in [0.1, 0.15) is 5.76 Å². The van der Waals surface area contributed by atoms with E-state index in [2.05, 4.69) is 36.9 Å². The summed E-state index contributed by atoms with van der Waals surface area (Å²) in [6.45, 7) is 6.87. The van der Waals surface area contributed by atoms with Crippen LogP contribution in [0.2, 0.25) is 0 Å². The number of hydrogen-bond acceptors (Lipinski definition) is 4. The monoisotopic (exact) mass is 438 g/mol. The fourth-order valence-corrected chi connectivity index (χ4v) is 4.26. The average molecular weight is 438 g/mol. The molecule has 1 aromatic carbocycles. The summed E-state index contributed by atoms with van der Waals surface area (Å²) in [6.07, 6.45) is -1.60. The Morgan fingerprint density at radius 1 is 1.16 bits per heavy atom. The molecule has 0 bridgehead atoms. The number of carboxylic acids is 1. The van der Waals surface area contributed by atoms with Crippen LogP contribution in [-0.2, 0) is 21.5 Å². The van der Waals surface area contributed by atoms with Gasteiger partial charge in [-0.1, -0.05) is 18.2 Å². The van der Waals surface area contributed by atoms with Crippen molar-refractivity contribution < 1.29 is 32.3 Å². The number of amides is 1. The van der Waals surface area contributed by atoms with Gasteiger partial charge in [0.25, 0.3) is 0 Å². The first kappa shape index (κ1) is 22.9. The Morgan fingerprint density at radius 3 is 2.29 bits per heavy atom. The van der Waals surface area contributed by atoms with Crippen LogP contribution in [-0.4, -0.2) is 47.2 Å². The Hall–Kier alpha value is -2.81. The van der Waals surface area contributed by atoms with E-state index in [4.69, 9.17) is 14.3 Å². The molecule has 1 spiro atoms. The highest BCUT2D eigenvalue weighted by Gasteiger charge is 2.52. The van der Waals surface area contributed by atoms with Crippen molar-refractivity contribution in [1.29, 1.82) is 0 Å². The number of anilines is 1. The SMILES string of the molecule is CC(C)N1C(=O)C2(CCN(Cc3ccco3)CC2)c2ccccc21.O=C(O)C(F)(F)F. The molecule has 3 heterocycles. The van der Waals surface area contributed by atoms with E-state index in [1.807, 2.05) is 23.1 Å². The number of hydrogen-bond donors (Lipinski definition) is 1. The first-order valence-corrected chi connectivity index (χ1v) is 10.0. The molecule has 0 radical (unpaired) electrons. The van der Waals surface area contributed by atoms with E-state index in [9.17, 15) is 18.0 Å². The van der Waals surface area contributed by atoms with Crippen LogP contribution in [0.3, 0.4) is 0 Å². The van der Waals surface area contributed by atoms with Gasteiger partial charge in [0, 0.05) is 11.7 Å². The van der Waals surface area contributed by atoms with Crippen molar-refractivity contribution in [2.45, 2.75) is 50.9 Å². The van der Waals surface area contributed by atoms with Crippen molar-refractivity contribution in [2.75, 3.05) is 18.0 Å². The van der Waals surface area contributed by atoms with Crippen LogP contribution in [0.5, 0.6) is 0 Å². The highest BCUT2D eigenvalue weighted by molar-refractivity contribution is 6.08. The zero-order valence-corrected chi connectivity index (χ0v) is 17.4. The maximum atomic E-state index is 13.3. The van der Waals surface area contributed by atoms with Gasteiger partial charge in [-0.2, -0.15) is 13.2 Å². The number of rotatable bonds is 3. The fraction of sp³-hybridized carbons (Fsp3) is 0.455. The number of carbonyl (C=O) groups excluding carboxylic acids is 1. The van der Waals surface area contributed by atoms with Crippen LogP contribution < -0.4 is 4.90 Å². The second-order valence-corrected chi connectivity index (χ2v) is 8.03. The van der Waals surface area contributed by atoms with E-state index < -0.39 is 12.1 Å². The molecular weight excluding hydrogens is 413 g/mol. The van der Waals surface area contributed by atoms with Crippen molar-refractivity contribution >= 4 is 17.6 Å². The molecule has 1 N–H and O–H groups in total. The lowest BCUT2D eigenvalue weighted by Crippen LogP contribution is -2.49. The number of alkyl halides is 3. The zero-order valence-electron chi connectivity index (χ0n) is 17.4. The summed E-state index contributed by atoms with van der Waals surface area (Å²) in [6, 6.07) is 12.5. The number of furan rings is 1. The van der Waals surface area contributed by atoms with Crippen molar-refractivity contribution in [3.05, 3.63) is 54.0 Å². The van der Waals surface area contributed by atoms with Gasteiger partial charge in [-0.25, -0.2) is 4.79 Å².